The predicted octanol–water partition coefficient (Wildman–Crippen LogP) is 3.50. The molecule has 2 heterocycles. The Morgan fingerprint density at radius 3 is 2.89 bits per heavy atom. The van der Waals surface area contributed by atoms with Crippen LogP contribution in [0.2, 0.25) is 5.15 Å². The van der Waals surface area contributed by atoms with Crippen molar-refractivity contribution in [3.05, 3.63) is 26.7 Å². The average Bonchev–Trinajstić information content (AvgIpc) is 3.09. The number of aromatic nitrogens is 4. The summed E-state index contributed by atoms with van der Waals surface area (Å²) in [6, 6.07) is 1.93. The third-order valence-electron chi connectivity index (χ3n) is 3.05. The number of hydrogen-bond acceptors (Lipinski definition) is 3. The SMILES string of the molecule is CCn1nccc1-c1nc(Cl)c(I)c(C2CC2)n1. The van der Waals surface area contributed by atoms with Gasteiger partial charge in [-0.25, -0.2) is 9.97 Å². The van der Waals surface area contributed by atoms with Crippen molar-refractivity contribution in [1.82, 2.24) is 19.7 Å². The van der Waals surface area contributed by atoms with E-state index < -0.39 is 0 Å². The molecule has 6 heteroatoms. The zero-order valence-electron chi connectivity index (χ0n) is 9.90. The molecular formula is C12H12ClIN4. The molecule has 94 valence electrons. The first kappa shape index (κ1) is 12.3. The number of rotatable bonds is 3. The summed E-state index contributed by atoms with van der Waals surface area (Å²) < 4.78 is 2.87. The fourth-order valence-corrected chi connectivity index (χ4v) is 2.81. The standard InChI is InChI=1S/C12H12ClIN4/c1-2-18-8(5-6-15-18)12-16-10(7-3-4-7)9(14)11(13)17-12/h5-7H,2-4H2,1H3. The molecule has 0 N–H and O–H groups in total. The van der Waals surface area contributed by atoms with E-state index in [2.05, 4.69) is 37.7 Å². The van der Waals surface area contributed by atoms with Gasteiger partial charge in [0.05, 0.1) is 9.26 Å². The molecule has 2 aromatic heterocycles. The minimum absolute atomic E-state index is 0.548. The molecule has 1 aliphatic carbocycles. The van der Waals surface area contributed by atoms with E-state index in [0.717, 1.165) is 21.5 Å². The maximum atomic E-state index is 6.21. The number of aryl methyl sites for hydroxylation is 1. The Balaban J connectivity index is 2.12. The lowest BCUT2D eigenvalue weighted by molar-refractivity contribution is 0.663. The molecule has 0 spiro atoms. The highest BCUT2D eigenvalue weighted by molar-refractivity contribution is 14.1. The summed E-state index contributed by atoms with van der Waals surface area (Å²) in [7, 11) is 0. The van der Waals surface area contributed by atoms with Gasteiger partial charge in [-0.1, -0.05) is 11.6 Å². The molecule has 0 atom stereocenters. The second-order valence-electron chi connectivity index (χ2n) is 4.34. The second-order valence-corrected chi connectivity index (χ2v) is 5.78. The predicted molar refractivity (Wildman–Crippen MR) is 78.6 cm³/mol. The molecule has 0 unspecified atom stereocenters. The highest BCUT2D eigenvalue weighted by Gasteiger charge is 2.29. The van der Waals surface area contributed by atoms with E-state index >= 15 is 0 Å². The zero-order valence-corrected chi connectivity index (χ0v) is 12.8. The van der Waals surface area contributed by atoms with Crippen LogP contribution in [0, 0.1) is 3.57 Å². The van der Waals surface area contributed by atoms with Gasteiger partial charge in [-0.05, 0) is 48.4 Å². The van der Waals surface area contributed by atoms with Crippen LogP contribution in [0.5, 0.6) is 0 Å². The lowest BCUT2D eigenvalue weighted by atomic mass is 10.2. The zero-order chi connectivity index (χ0) is 12.7. The molecule has 18 heavy (non-hydrogen) atoms. The Kier molecular flexibility index (Phi) is 3.27. The third kappa shape index (κ3) is 2.14. The number of hydrogen-bond donors (Lipinski definition) is 0. The van der Waals surface area contributed by atoms with Crippen molar-refractivity contribution in [3.8, 4) is 11.5 Å². The van der Waals surface area contributed by atoms with Crippen LogP contribution in [-0.2, 0) is 6.54 Å². The van der Waals surface area contributed by atoms with Crippen molar-refractivity contribution in [1.29, 1.82) is 0 Å². The van der Waals surface area contributed by atoms with Crippen LogP contribution in [0.1, 0.15) is 31.4 Å². The monoisotopic (exact) mass is 374 g/mol. The molecule has 0 amide bonds. The Morgan fingerprint density at radius 2 is 2.22 bits per heavy atom. The summed E-state index contributed by atoms with van der Waals surface area (Å²) in [5, 5.41) is 4.79. The van der Waals surface area contributed by atoms with Gasteiger partial charge in [0.1, 0.15) is 10.8 Å². The van der Waals surface area contributed by atoms with E-state index in [0.29, 0.717) is 16.9 Å². The molecule has 1 aliphatic rings. The normalized spacial score (nSPS) is 15.1. The van der Waals surface area contributed by atoms with Crippen LogP contribution in [0.15, 0.2) is 12.3 Å². The lowest BCUT2D eigenvalue weighted by Gasteiger charge is -2.08. The molecule has 0 saturated heterocycles. The van der Waals surface area contributed by atoms with Gasteiger partial charge in [0.25, 0.3) is 0 Å². The first-order valence-corrected chi connectivity index (χ1v) is 7.41. The Hall–Kier alpha value is -0.690. The topological polar surface area (TPSA) is 43.6 Å². The van der Waals surface area contributed by atoms with Gasteiger partial charge in [0.2, 0.25) is 0 Å². The van der Waals surface area contributed by atoms with E-state index in [1.807, 2.05) is 17.7 Å². The van der Waals surface area contributed by atoms with Crippen molar-refractivity contribution in [2.24, 2.45) is 0 Å². The molecule has 2 aromatic rings. The average molecular weight is 375 g/mol. The van der Waals surface area contributed by atoms with Crippen LogP contribution >= 0.6 is 34.2 Å². The van der Waals surface area contributed by atoms with Crippen LogP contribution in [-0.4, -0.2) is 19.7 Å². The fraction of sp³-hybridized carbons (Fsp3) is 0.417. The van der Waals surface area contributed by atoms with Crippen LogP contribution in [0.4, 0.5) is 0 Å². The maximum Gasteiger partial charge on any atom is 0.179 e. The highest BCUT2D eigenvalue weighted by atomic mass is 127. The minimum Gasteiger partial charge on any atom is -0.262 e. The van der Waals surface area contributed by atoms with Crippen molar-refractivity contribution in [2.45, 2.75) is 32.2 Å². The number of nitrogens with zero attached hydrogens (tertiary/aromatic N) is 4. The first-order valence-electron chi connectivity index (χ1n) is 5.95. The molecule has 0 aliphatic heterocycles. The van der Waals surface area contributed by atoms with Crippen LogP contribution < -0.4 is 0 Å². The van der Waals surface area contributed by atoms with Crippen molar-refractivity contribution < 1.29 is 0 Å². The molecule has 0 radical (unpaired) electrons. The molecule has 0 aromatic carbocycles. The fourth-order valence-electron chi connectivity index (χ4n) is 1.95. The van der Waals surface area contributed by atoms with Crippen molar-refractivity contribution >= 4 is 34.2 Å². The van der Waals surface area contributed by atoms with Gasteiger partial charge in [-0.2, -0.15) is 5.10 Å². The molecule has 1 fully saturated rings. The largest absolute Gasteiger partial charge is 0.262 e. The molecule has 4 nitrogen and oxygen atoms in total. The van der Waals surface area contributed by atoms with Gasteiger partial charge >= 0.3 is 0 Å². The van der Waals surface area contributed by atoms with E-state index in [-0.39, 0.29) is 0 Å². The first-order chi connectivity index (χ1) is 8.70. The maximum absolute atomic E-state index is 6.21. The Bertz CT molecular complexity index is 592. The summed E-state index contributed by atoms with van der Waals surface area (Å²) in [5.74, 6) is 1.25. The van der Waals surface area contributed by atoms with E-state index in [9.17, 15) is 0 Å². The van der Waals surface area contributed by atoms with Gasteiger partial charge in [0.15, 0.2) is 5.82 Å². The Labute approximate surface area is 124 Å². The van der Waals surface area contributed by atoms with Crippen LogP contribution in [0.3, 0.4) is 0 Å². The van der Waals surface area contributed by atoms with Gasteiger partial charge in [-0.3, -0.25) is 4.68 Å². The quantitative estimate of drug-likeness (QED) is 0.610. The summed E-state index contributed by atoms with van der Waals surface area (Å²) in [6.07, 6.45) is 4.18. The summed E-state index contributed by atoms with van der Waals surface area (Å²) in [5.41, 5.74) is 2.02. The van der Waals surface area contributed by atoms with E-state index in [4.69, 9.17) is 11.6 Å². The van der Waals surface area contributed by atoms with Gasteiger partial charge in [-0.15, -0.1) is 0 Å². The van der Waals surface area contributed by atoms with Crippen molar-refractivity contribution in [3.63, 3.8) is 0 Å². The van der Waals surface area contributed by atoms with Crippen molar-refractivity contribution in [2.75, 3.05) is 0 Å². The lowest BCUT2D eigenvalue weighted by Crippen LogP contribution is -2.04. The molecule has 0 bridgehead atoms. The Morgan fingerprint density at radius 1 is 1.44 bits per heavy atom. The molecule has 1 saturated carbocycles. The third-order valence-corrected chi connectivity index (χ3v) is 4.70. The van der Waals surface area contributed by atoms with Crippen LogP contribution in [0.25, 0.3) is 11.5 Å². The van der Waals surface area contributed by atoms with E-state index in [1.165, 1.54) is 12.8 Å². The van der Waals surface area contributed by atoms with Gasteiger partial charge in [0, 0.05) is 18.7 Å². The minimum atomic E-state index is 0.548. The van der Waals surface area contributed by atoms with E-state index in [1.54, 1.807) is 6.20 Å². The highest BCUT2D eigenvalue weighted by Crippen LogP contribution is 2.42. The smallest absolute Gasteiger partial charge is 0.179 e. The summed E-state index contributed by atoms with van der Waals surface area (Å²) in [4.78, 5) is 9.06. The molecular weight excluding hydrogens is 363 g/mol. The second kappa shape index (κ2) is 4.77. The summed E-state index contributed by atoms with van der Waals surface area (Å²) in [6.45, 7) is 2.85. The molecule has 3 rings (SSSR count). The number of halogens is 2. The van der Waals surface area contributed by atoms with Gasteiger partial charge < -0.3 is 0 Å². The summed E-state index contributed by atoms with van der Waals surface area (Å²) >= 11 is 8.45.